The lowest BCUT2D eigenvalue weighted by molar-refractivity contribution is -0.181. The van der Waals surface area contributed by atoms with Gasteiger partial charge in [-0.05, 0) is 60.5 Å². The van der Waals surface area contributed by atoms with E-state index in [4.69, 9.17) is 18.9 Å². The highest BCUT2D eigenvalue weighted by Crippen LogP contribution is 2.26. The van der Waals surface area contributed by atoms with Crippen molar-refractivity contribution >= 4 is 11.9 Å². The molecule has 0 aromatic heterocycles. The van der Waals surface area contributed by atoms with Crippen molar-refractivity contribution in [1.29, 1.82) is 0 Å². The predicted molar refractivity (Wildman–Crippen MR) is 157 cm³/mol. The van der Waals surface area contributed by atoms with Gasteiger partial charge < -0.3 is 28.7 Å². The van der Waals surface area contributed by atoms with E-state index in [9.17, 15) is 9.59 Å². The van der Waals surface area contributed by atoms with Crippen LogP contribution in [0, 0.1) is 0 Å². The van der Waals surface area contributed by atoms with Crippen molar-refractivity contribution in [2.75, 3.05) is 54.5 Å². The van der Waals surface area contributed by atoms with Gasteiger partial charge in [-0.15, -0.1) is 0 Å². The SMILES string of the molecule is CCCCCCCCCCCCCCO[C@@H]1C[C@H](OC(=O)CCCN(C)C)O[C@@H]1COC(=O)CCCN(C)C. The Bertz CT molecular complexity index is 616. The van der Waals surface area contributed by atoms with Crippen LogP contribution >= 0.6 is 0 Å². The molecule has 0 N–H and O–H groups in total. The number of hydrogen-bond donors (Lipinski definition) is 0. The van der Waals surface area contributed by atoms with Crippen molar-refractivity contribution in [3.63, 3.8) is 0 Å². The summed E-state index contributed by atoms with van der Waals surface area (Å²) in [5.41, 5.74) is 0. The highest BCUT2D eigenvalue weighted by molar-refractivity contribution is 5.69. The third kappa shape index (κ3) is 20.3. The molecule has 0 bridgehead atoms. The lowest BCUT2D eigenvalue weighted by Crippen LogP contribution is -2.31. The highest BCUT2D eigenvalue weighted by Gasteiger charge is 2.39. The Balaban J connectivity index is 2.31. The summed E-state index contributed by atoms with van der Waals surface area (Å²) < 4.78 is 23.2. The normalized spacial score (nSPS) is 19.2. The second-order valence-corrected chi connectivity index (χ2v) is 11.6. The van der Waals surface area contributed by atoms with Crippen LogP contribution in [0.1, 0.15) is 116 Å². The highest BCUT2D eigenvalue weighted by atomic mass is 16.7. The van der Waals surface area contributed by atoms with Gasteiger partial charge in [0.05, 0.1) is 6.10 Å². The molecule has 0 aromatic carbocycles. The fourth-order valence-electron chi connectivity index (χ4n) is 4.79. The number of carbonyl (C=O) groups is 2. The molecule has 230 valence electrons. The molecule has 1 rings (SSSR count). The van der Waals surface area contributed by atoms with Crippen LogP contribution in [0.3, 0.4) is 0 Å². The van der Waals surface area contributed by atoms with Gasteiger partial charge in [0, 0.05) is 25.9 Å². The van der Waals surface area contributed by atoms with Crippen LogP contribution in [0.5, 0.6) is 0 Å². The summed E-state index contributed by atoms with van der Waals surface area (Å²) in [5, 5.41) is 0. The van der Waals surface area contributed by atoms with E-state index >= 15 is 0 Å². The fourth-order valence-corrected chi connectivity index (χ4v) is 4.79. The maximum absolute atomic E-state index is 12.3. The van der Waals surface area contributed by atoms with Crippen LogP contribution in [0.25, 0.3) is 0 Å². The number of hydrogen-bond acceptors (Lipinski definition) is 8. The van der Waals surface area contributed by atoms with E-state index in [1.54, 1.807) is 0 Å². The largest absolute Gasteiger partial charge is 0.463 e. The molecule has 1 aliphatic rings. The molecule has 0 radical (unpaired) electrons. The molecule has 1 aliphatic heterocycles. The molecule has 8 heteroatoms. The minimum Gasteiger partial charge on any atom is -0.463 e. The van der Waals surface area contributed by atoms with Gasteiger partial charge in [0.15, 0.2) is 0 Å². The molecule has 1 saturated heterocycles. The molecule has 1 fully saturated rings. The number of esters is 2. The van der Waals surface area contributed by atoms with Crippen molar-refractivity contribution in [2.45, 2.75) is 135 Å². The number of ether oxygens (including phenoxy) is 4. The molecular formula is C31H60N2O6. The maximum Gasteiger partial charge on any atom is 0.308 e. The van der Waals surface area contributed by atoms with Crippen molar-refractivity contribution in [3.05, 3.63) is 0 Å². The topological polar surface area (TPSA) is 77.5 Å². The van der Waals surface area contributed by atoms with E-state index in [0.717, 1.165) is 38.8 Å². The van der Waals surface area contributed by atoms with Gasteiger partial charge >= 0.3 is 11.9 Å². The van der Waals surface area contributed by atoms with Crippen molar-refractivity contribution < 1.29 is 28.5 Å². The lowest BCUT2D eigenvalue weighted by atomic mass is 10.1. The summed E-state index contributed by atoms with van der Waals surface area (Å²) in [7, 11) is 7.93. The van der Waals surface area contributed by atoms with Crippen molar-refractivity contribution in [3.8, 4) is 0 Å². The molecule has 0 saturated carbocycles. The summed E-state index contributed by atoms with van der Waals surface area (Å²) in [6.45, 7) is 4.70. The van der Waals surface area contributed by atoms with E-state index in [0.29, 0.717) is 25.9 Å². The van der Waals surface area contributed by atoms with Crippen LogP contribution in [0.2, 0.25) is 0 Å². The summed E-state index contributed by atoms with van der Waals surface area (Å²) in [6.07, 6.45) is 17.0. The summed E-state index contributed by atoms with van der Waals surface area (Å²) in [6, 6.07) is 0. The minimum atomic E-state index is -0.652. The second kappa shape index (κ2) is 23.5. The monoisotopic (exact) mass is 556 g/mol. The Hall–Kier alpha value is -1.22. The number of carbonyl (C=O) groups excluding carboxylic acids is 2. The molecule has 0 spiro atoms. The average molecular weight is 557 g/mol. The molecule has 0 aliphatic carbocycles. The molecule has 0 unspecified atom stereocenters. The molecule has 39 heavy (non-hydrogen) atoms. The van der Waals surface area contributed by atoms with Gasteiger partial charge in [-0.25, -0.2) is 0 Å². The molecule has 1 heterocycles. The Kier molecular flexibility index (Phi) is 21.6. The van der Waals surface area contributed by atoms with Crippen LogP contribution in [-0.2, 0) is 28.5 Å². The first-order chi connectivity index (χ1) is 18.8. The quantitative estimate of drug-likeness (QED) is 0.101. The van der Waals surface area contributed by atoms with E-state index in [2.05, 4.69) is 6.92 Å². The Morgan fingerprint density at radius 3 is 1.77 bits per heavy atom. The molecular weight excluding hydrogens is 496 g/mol. The first kappa shape index (κ1) is 35.8. The maximum atomic E-state index is 12.3. The van der Waals surface area contributed by atoms with Gasteiger partial charge in [-0.2, -0.15) is 0 Å². The fraction of sp³-hybridized carbons (Fsp3) is 0.935. The van der Waals surface area contributed by atoms with Crippen molar-refractivity contribution in [1.82, 2.24) is 9.80 Å². The van der Waals surface area contributed by atoms with E-state index in [-0.39, 0.29) is 24.6 Å². The van der Waals surface area contributed by atoms with Crippen LogP contribution in [-0.4, -0.2) is 94.7 Å². The van der Waals surface area contributed by atoms with Gasteiger partial charge in [-0.3, -0.25) is 9.59 Å². The number of rotatable bonds is 25. The summed E-state index contributed by atoms with van der Waals surface area (Å²) in [4.78, 5) is 28.5. The molecule has 8 nitrogen and oxygen atoms in total. The van der Waals surface area contributed by atoms with Crippen molar-refractivity contribution in [2.24, 2.45) is 0 Å². The Morgan fingerprint density at radius 1 is 0.718 bits per heavy atom. The van der Waals surface area contributed by atoms with Gasteiger partial charge in [0.1, 0.15) is 12.7 Å². The first-order valence-corrected chi connectivity index (χ1v) is 15.7. The number of nitrogens with zero attached hydrogens (tertiary/aromatic N) is 2. The summed E-state index contributed by atoms with van der Waals surface area (Å²) >= 11 is 0. The van der Waals surface area contributed by atoms with Crippen LogP contribution in [0.4, 0.5) is 0 Å². The first-order valence-electron chi connectivity index (χ1n) is 15.7. The lowest BCUT2D eigenvalue weighted by Gasteiger charge is -2.19. The van der Waals surface area contributed by atoms with Crippen LogP contribution in [0.15, 0.2) is 0 Å². The zero-order valence-corrected chi connectivity index (χ0v) is 25.9. The van der Waals surface area contributed by atoms with E-state index in [1.165, 1.54) is 64.2 Å². The van der Waals surface area contributed by atoms with Gasteiger partial charge in [-0.1, -0.05) is 77.6 Å². The standard InChI is InChI=1S/C31H60N2O6/c1-6-7-8-9-10-11-12-13-14-15-16-17-24-36-27-25-31(39-30(35)21-19-23-33(4)5)38-28(27)26-37-29(34)20-18-22-32(2)3/h27-28,31H,6-26H2,1-5H3/t27-,28-,31+/m1/s1. The third-order valence-electron chi connectivity index (χ3n) is 7.14. The minimum absolute atomic E-state index is 0.124. The van der Waals surface area contributed by atoms with E-state index in [1.807, 2.05) is 38.0 Å². The third-order valence-corrected chi connectivity index (χ3v) is 7.14. The molecule has 0 amide bonds. The second-order valence-electron chi connectivity index (χ2n) is 11.6. The Labute approximate surface area is 239 Å². The zero-order chi connectivity index (χ0) is 28.7. The molecule has 0 aromatic rings. The van der Waals surface area contributed by atoms with Gasteiger partial charge in [0.25, 0.3) is 0 Å². The Morgan fingerprint density at radius 2 is 1.23 bits per heavy atom. The molecule has 3 atom stereocenters. The van der Waals surface area contributed by atoms with Crippen LogP contribution < -0.4 is 0 Å². The smallest absolute Gasteiger partial charge is 0.308 e. The average Bonchev–Trinajstić information content (AvgIpc) is 3.26. The van der Waals surface area contributed by atoms with E-state index < -0.39 is 12.4 Å². The predicted octanol–water partition coefficient (Wildman–Crippen LogP) is 5.96. The number of unbranched alkanes of at least 4 members (excludes halogenated alkanes) is 11. The van der Waals surface area contributed by atoms with Gasteiger partial charge in [0.2, 0.25) is 6.29 Å². The zero-order valence-electron chi connectivity index (χ0n) is 25.9. The summed E-state index contributed by atoms with van der Waals surface area (Å²) in [5.74, 6) is -0.493.